The fourth-order valence-corrected chi connectivity index (χ4v) is 0.554. The second-order valence-corrected chi connectivity index (χ2v) is 2.10. The Hall–Kier alpha value is -1.05. The normalized spacial score (nSPS) is 12.1. The molecule has 2 nitrogen and oxygen atoms in total. The van der Waals surface area contributed by atoms with Crippen molar-refractivity contribution >= 4 is 5.97 Å². The first-order chi connectivity index (χ1) is 5.22. The van der Waals surface area contributed by atoms with E-state index < -0.39 is 0 Å². The molecule has 0 amide bonds. The highest BCUT2D eigenvalue weighted by atomic mass is 16.5. The van der Waals surface area contributed by atoms with Gasteiger partial charge in [0.15, 0.2) is 0 Å². The third-order valence-corrected chi connectivity index (χ3v) is 1.14. The van der Waals surface area contributed by atoms with Crippen LogP contribution in [0.2, 0.25) is 0 Å². The lowest BCUT2D eigenvalue weighted by Crippen LogP contribution is -2.04. The fourth-order valence-electron chi connectivity index (χ4n) is 0.554. The topological polar surface area (TPSA) is 26.3 Å². The van der Waals surface area contributed by atoms with Gasteiger partial charge in [-0.2, -0.15) is 0 Å². The smallest absolute Gasteiger partial charge is 0.333 e. The molecular weight excluding hydrogens is 140 g/mol. The predicted octanol–water partition coefficient (Wildman–Crippen LogP) is 2.07. The minimum absolute atomic E-state index is 0.245. The van der Waals surface area contributed by atoms with Gasteiger partial charge in [-0.25, -0.2) is 4.79 Å². The lowest BCUT2D eigenvalue weighted by atomic mass is 10.3. The molecule has 0 radical (unpaired) electrons. The molecule has 0 saturated carbocycles. The third kappa shape index (κ3) is 4.37. The molecule has 0 spiro atoms. The molecule has 2 heteroatoms. The molecular formula is C9H14O2. The Kier molecular flexibility index (Phi) is 5.17. The average Bonchev–Trinajstić information content (AvgIpc) is 2.00. The molecule has 0 N–H and O–H groups in total. The van der Waals surface area contributed by atoms with E-state index in [-0.39, 0.29) is 5.97 Å². The summed E-state index contributed by atoms with van der Waals surface area (Å²) in [6, 6.07) is 0. The lowest BCUT2D eigenvalue weighted by molar-refractivity contribution is -0.138. The van der Waals surface area contributed by atoms with Crippen LogP contribution in [-0.2, 0) is 9.53 Å². The maximum atomic E-state index is 10.9. The third-order valence-electron chi connectivity index (χ3n) is 1.14. The summed E-state index contributed by atoms with van der Waals surface area (Å²) in [5.41, 5.74) is 0.630. The Balaban J connectivity index is 4.00. The number of rotatable bonds is 3. The second-order valence-electron chi connectivity index (χ2n) is 2.10. The summed E-state index contributed by atoms with van der Waals surface area (Å²) in [6.07, 6.45) is 5.41. The van der Waals surface area contributed by atoms with E-state index in [1.165, 1.54) is 0 Å². The molecule has 0 atom stereocenters. The van der Waals surface area contributed by atoms with Gasteiger partial charge in [0.05, 0.1) is 6.61 Å². The van der Waals surface area contributed by atoms with E-state index in [0.717, 1.165) is 0 Å². The zero-order valence-corrected chi connectivity index (χ0v) is 7.26. The molecule has 0 heterocycles. The molecule has 0 aromatic rings. The quantitative estimate of drug-likeness (QED) is 0.353. The highest BCUT2D eigenvalue weighted by molar-refractivity contribution is 5.88. The first-order valence-corrected chi connectivity index (χ1v) is 3.69. The van der Waals surface area contributed by atoms with Crippen molar-refractivity contribution in [3.8, 4) is 0 Å². The largest absolute Gasteiger partial charge is 0.463 e. The van der Waals surface area contributed by atoms with E-state index >= 15 is 0 Å². The van der Waals surface area contributed by atoms with Gasteiger partial charge >= 0.3 is 5.97 Å². The first-order valence-electron chi connectivity index (χ1n) is 3.69. The van der Waals surface area contributed by atoms with Crippen LogP contribution in [0.4, 0.5) is 0 Å². The number of hydrogen-bond acceptors (Lipinski definition) is 2. The van der Waals surface area contributed by atoms with Crippen LogP contribution >= 0.6 is 0 Å². The molecule has 62 valence electrons. The van der Waals surface area contributed by atoms with E-state index in [1.54, 1.807) is 19.9 Å². The molecule has 0 bridgehead atoms. The number of esters is 1. The van der Waals surface area contributed by atoms with E-state index in [0.29, 0.717) is 12.2 Å². The molecule has 0 rings (SSSR count). The van der Waals surface area contributed by atoms with E-state index in [9.17, 15) is 4.79 Å². The van der Waals surface area contributed by atoms with Gasteiger partial charge in [0.2, 0.25) is 0 Å². The van der Waals surface area contributed by atoms with Gasteiger partial charge in [0, 0.05) is 5.57 Å². The summed E-state index contributed by atoms with van der Waals surface area (Å²) in [5, 5.41) is 0. The van der Waals surface area contributed by atoms with Crippen LogP contribution in [0, 0.1) is 0 Å². The van der Waals surface area contributed by atoms with Crippen LogP contribution < -0.4 is 0 Å². The van der Waals surface area contributed by atoms with Gasteiger partial charge in [-0.05, 0) is 20.8 Å². The maximum absolute atomic E-state index is 10.9. The van der Waals surface area contributed by atoms with Gasteiger partial charge in [-0.1, -0.05) is 18.2 Å². The van der Waals surface area contributed by atoms with Crippen molar-refractivity contribution in [1.29, 1.82) is 0 Å². The summed E-state index contributed by atoms with van der Waals surface area (Å²) in [5.74, 6) is -0.245. The summed E-state index contributed by atoms with van der Waals surface area (Å²) in [7, 11) is 0. The zero-order chi connectivity index (χ0) is 8.69. The van der Waals surface area contributed by atoms with Gasteiger partial charge < -0.3 is 4.74 Å². The molecule has 0 aliphatic carbocycles. The number of allylic oxidation sites excluding steroid dienone is 3. The summed E-state index contributed by atoms with van der Waals surface area (Å²) in [6.45, 7) is 5.85. The molecule has 0 unspecified atom stereocenters. The Morgan fingerprint density at radius 3 is 2.64 bits per heavy atom. The van der Waals surface area contributed by atoms with Crippen LogP contribution in [0.1, 0.15) is 20.8 Å². The van der Waals surface area contributed by atoms with Crippen molar-refractivity contribution in [2.75, 3.05) is 6.61 Å². The molecule has 0 aromatic carbocycles. The Morgan fingerprint density at radius 1 is 1.55 bits per heavy atom. The molecule has 11 heavy (non-hydrogen) atoms. The highest BCUT2D eigenvalue weighted by Gasteiger charge is 2.01. The maximum Gasteiger partial charge on any atom is 0.333 e. The number of carbonyl (C=O) groups excluding carboxylic acids is 1. The number of carbonyl (C=O) groups is 1. The minimum atomic E-state index is -0.245. The first kappa shape index (κ1) is 9.95. The van der Waals surface area contributed by atoms with Crippen molar-refractivity contribution in [1.82, 2.24) is 0 Å². The van der Waals surface area contributed by atoms with Crippen LogP contribution in [-0.4, -0.2) is 12.6 Å². The van der Waals surface area contributed by atoms with E-state index in [1.807, 2.05) is 19.1 Å². The predicted molar refractivity (Wildman–Crippen MR) is 45.2 cm³/mol. The second kappa shape index (κ2) is 5.71. The summed E-state index contributed by atoms with van der Waals surface area (Å²) >= 11 is 0. The van der Waals surface area contributed by atoms with Crippen molar-refractivity contribution in [2.45, 2.75) is 20.8 Å². The van der Waals surface area contributed by atoms with Gasteiger partial charge in [0.25, 0.3) is 0 Å². The summed E-state index contributed by atoms with van der Waals surface area (Å²) in [4.78, 5) is 10.9. The van der Waals surface area contributed by atoms with Crippen molar-refractivity contribution < 1.29 is 9.53 Å². The standard InChI is InChI=1S/C9H14O2/c1-4-6-7-8(3)9(10)11-5-2/h4,6-7H,5H2,1-3H3/b6-4+,8-7-. The van der Waals surface area contributed by atoms with E-state index in [2.05, 4.69) is 0 Å². The SMILES string of the molecule is C/C=C/C=C(/C)C(=O)OCC. The van der Waals surface area contributed by atoms with Gasteiger partial charge in [-0.15, -0.1) is 0 Å². The molecule has 0 saturated heterocycles. The number of ether oxygens (including phenoxy) is 1. The molecule has 0 aliphatic rings. The average molecular weight is 154 g/mol. The van der Waals surface area contributed by atoms with Crippen LogP contribution in [0.15, 0.2) is 23.8 Å². The Bertz CT molecular complexity index is 178. The molecule has 0 aliphatic heterocycles. The highest BCUT2D eigenvalue weighted by Crippen LogP contribution is 1.96. The minimum Gasteiger partial charge on any atom is -0.463 e. The molecule has 0 fully saturated rings. The van der Waals surface area contributed by atoms with Crippen LogP contribution in [0.5, 0.6) is 0 Å². The fraction of sp³-hybridized carbons (Fsp3) is 0.444. The zero-order valence-electron chi connectivity index (χ0n) is 7.26. The van der Waals surface area contributed by atoms with Gasteiger partial charge in [0.1, 0.15) is 0 Å². The number of hydrogen-bond donors (Lipinski definition) is 0. The lowest BCUT2D eigenvalue weighted by Gasteiger charge is -1.98. The van der Waals surface area contributed by atoms with Crippen molar-refractivity contribution in [3.63, 3.8) is 0 Å². The Labute approximate surface area is 67.6 Å². The van der Waals surface area contributed by atoms with Crippen LogP contribution in [0.3, 0.4) is 0 Å². The van der Waals surface area contributed by atoms with Gasteiger partial charge in [-0.3, -0.25) is 0 Å². The van der Waals surface area contributed by atoms with Crippen molar-refractivity contribution in [3.05, 3.63) is 23.8 Å². The van der Waals surface area contributed by atoms with E-state index in [4.69, 9.17) is 4.74 Å². The molecule has 0 aromatic heterocycles. The monoisotopic (exact) mass is 154 g/mol. The summed E-state index contributed by atoms with van der Waals surface area (Å²) < 4.78 is 4.76. The Morgan fingerprint density at radius 2 is 2.18 bits per heavy atom. The van der Waals surface area contributed by atoms with Crippen LogP contribution in [0.25, 0.3) is 0 Å². The van der Waals surface area contributed by atoms with Crippen molar-refractivity contribution in [2.24, 2.45) is 0 Å².